The predicted octanol–water partition coefficient (Wildman–Crippen LogP) is 4.48. The third-order valence-corrected chi connectivity index (χ3v) is 6.01. The van der Waals surface area contributed by atoms with Gasteiger partial charge in [-0.15, -0.1) is 0 Å². The van der Waals surface area contributed by atoms with E-state index in [1.54, 1.807) is 12.1 Å². The normalized spacial score (nSPS) is 18.2. The van der Waals surface area contributed by atoms with Gasteiger partial charge in [0.2, 0.25) is 0 Å². The molecule has 4 rings (SSSR count). The molecule has 3 heterocycles. The first-order valence-corrected chi connectivity index (χ1v) is 10.6. The molecule has 5 nitrogen and oxygen atoms in total. The molecule has 1 fully saturated rings. The average Bonchev–Trinajstić information content (AvgIpc) is 2.84. The van der Waals surface area contributed by atoms with E-state index in [9.17, 15) is 9.59 Å². The molecule has 0 bridgehead atoms. The van der Waals surface area contributed by atoms with Gasteiger partial charge in [0.25, 0.3) is 11.8 Å². The number of carbonyl (C=O) groups excluding carboxylic acids is 2. The molecule has 1 aromatic carbocycles. The topological polar surface area (TPSA) is 53.5 Å². The smallest absolute Gasteiger partial charge is 0.263 e. The van der Waals surface area contributed by atoms with Gasteiger partial charge in [0, 0.05) is 23.5 Å². The lowest BCUT2D eigenvalue weighted by atomic mass is 9.97. The summed E-state index contributed by atoms with van der Waals surface area (Å²) in [4.78, 5) is 35.0. The van der Waals surface area contributed by atoms with Gasteiger partial charge in [-0.2, -0.15) is 0 Å². The van der Waals surface area contributed by atoms with Crippen LogP contribution in [0.1, 0.15) is 71.9 Å². The number of fused-ring (bicyclic) bond motifs is 3. The van der Waals surface area contributed by atoms with E-state index in [2.05, 4.69) is 4.90 Å². The molecule has 0 radical (unpaired) electrons. The number of imide groups is 1. The van der Waals surface area contributed by atoms with Crippen LogP contribution < -0.4 is 0 Å². The zero-order valence-corrected chi connectivity index (χ0v) is 17.3. The summed E-state index contributed by atoms with van der Waals surface area (Å²) >= 11 is 6.18. The van der Waals surface area contributed by atoms with Crippen molar-refractivity contribution in [1.82, 2.24) is 14.8 Å². The van der Waals surface area contributed by atoms with Crippen molar-refractivity contribution >= 4 is 34.3 Å². The summed E-state index contributed by atoms with van der Waals surface area (Å²) in [5.41, 5.74) is 2.34. The molecular weight excluding hydrogens is 374 g/mol. The quantitative estimate of drug-likeness (QED) is 0.711. The van der Waals surface area contributed by atoms with Gasteiger partial charge >= 0.3 is 0 Å². The van der Waals surface area contributed by atoms with E-state index in [0.717, 1.165) is 19.6 Å². The van der Waals surface area contributed by atoms with Crippen molar-refractivity contribution in [1.29, 1.82) is 0 Å². The third-order valence-electron chi connectivity index (χ3n) is 5.78. The molecule has 0 unspecified atom stereocenters. The zero-order chi connectivity index (χ0) is 19.8. The Kier molecular flexibility index (Phi) is 5.39. The number of hydrogen-bond donors (Lipinski definition) is 0. The van der Waals surface area contributed by atoms with Crippen LogP contribution in [0.15, 0.2) is 18.2 Å². The lowest BCUT2D eigenvalue weighted by Gasteiger charge is -2.22. The fourth-order valence-electron chi connectivity index (χ4n) is 4.28. The van der Waals surface area contributed by atoms with Crippen LogP contribution in [-0.2, 0) is 0 Å². The van der Waals surface area contributed by atoms with Crippen molar-refractivity contribution in [2.75, 3.05) is 26.2 Å². The van der Waals surface area contributed by atoms with Gasteiger partial charge in [0.05, 0.1) is 22.3 Å². The first-order chi connectivity index (χ1) is 13.5. The first-order valence-electron chi connectivity index (χ1n) is 10.2. The van der Waals surface area contributed by atoms with Crippen molar-refractivity contribution in [3.63, 3.8) is 0 Å². The molecule has 6 heteroatoms. The summed E-state index contributed by atoms with van der Waals surface area (Å²) in [5.74, 6) is -0.379. The highest BCUT2D eigenvalue weighted by atomic mass is 35.5. The molecule has 1 aromatic heterocycles. The number of halogens is 1. The van der Waals surface area contributed by atoms with Crippen molar-refractivity contribution < 1.29 is 9.59 Å². The number of pyridine rings is 1. The van der Waals surface area contributed by atoms with Crippen LogP contribution in [0.5, 0.6) is 0 Å². The number of aromatic nitrogens is 1. The van der Waals surface area contributed by atoms with Crippen LogP contribution in [0.3, 0.4) is 0 Å². The Morgan fingerprint density at radius 3 is 2.36 bits per heavy atom. The Morgan fingerprint density at radius 1 is 1.00 bits per heavy atom. The highest BCUT2D eigenvalue weighted by Gasteiger charge is 2.40. The molecule has 2 aliphatic heterocycles. The van der Waals surface area contributed by atoms with Gasteiger partial charge in [-0.05, 0) is 50.0 Å². The monoisotopic (exact) mass is 399 g/mol. The standard InChI is InChI=1S/C22H26ClN3O2/c1-14(2)20-19-18(16-13-15(23)7-8-17(16)24-20)21(27)26(22(19)28)12-11-25-9-5-3-4-6-10-25/h7-8,13-14H,3-6,9-12H2,1-2H3. The molecule has 0 atom stereocenters. The Morgan fingerprint density at radius 2 is 1.68 bits per heavy atom. The van der Waals surface area contributed by atoms with E-state index in [1.807, 2.05) is 19.9 Å². The number of carbonyl (C=O) groups is 2. The summed E-state index contributed by atoms with van der Waals surface area (Å²) < 4.78 is 0. The van der Waals surface area contributed by atoms with Gasteiger partial charge in [-0.25, -0.2) is 0 Å². The minimum atomic E-state index is -0.216. The summed E-state index contributed by atoms with van der Waals surface area (Å²) in [6.45, 7) is 7.24. The summed E-state index contributed by atoms with van der Waals surface area (Å²) in [5, 5.41) is 1.21. The Bertz CT molecular complexity index is 933. The van der Waals surface area contributed by atoms with Gasteiger partial charge in [0.1, 0.15) is 0 Å². The zero-order valence-electron chi connectivity index (χ0n) is 16.5. The van der Waals surface area contributed by atoms with Gasteiger partial charge in [-0.1, -0.05) is 38.3 Å². The second-order valence-electron chi connectivity index (χ2n) is 8.08. The predicted molar refractivity (Wildman–Crippen MR) is 111 cm³/mol. The van der Waals surface area contributed by atoms with Gasteiger partial charge in [-0.3, -0.25) is 19.5 Å². The number of nitrogens with zero attached hydrogens (tertiary/aromatic N) is 3. The number of amides is 2. The third kappa shape index (κ3) is 3.42. The number of rotatable bonds is 4. The Balaban J connectivity index is 1.70. The van der Waals surface area contributed by atoms with Gasteiger partial charge in [0.15, 0.2) is 0 Å². The van der Waals surface area contributed by atoms with Crippen molar-refractivity contribution in [3.8, 4) is 0 Å². The maximum Gasteiger partial charge on any atom is 0.263 e. The highest BCUT2D eigenvalue weighted by molar-refractivity contribution is 6.32. The highest BCUT2D eigenvalue weighted by Crippen LogP contribution is 2.35. The molecule has 0 spiro atoms. The van der Waals surface area contributed by atoms with Crippen LogP contribution in [0.4, 0.5) is 0 Å². The fraction of sp³-hybridized carbons (Fsp3) is 0.500. The molecule has 0 aliphatic carbocycles. The average molecular weight is 400 g/mol. The molecule has 2 amide bonds. The van der Waals surface area contributed by atoms with Crippen LogP contribution in [0, 0.1) is 0 Å². The minimum Gasteiger partial charge on any atom is -0.302 e. The number of benzene rings is 1. The lowest BCUT2D eigenvalue weighted by Crippen LogP contribution is -2.38. The van der Waals surface area contributed by atoms with E-state index in [4.69, 9.17) is 16.6 Å². The molecule has 0 N–H and O–H groups in total. The second-order valence-corrected chi connectivity index (χ2v) is 8.52. The number of hydrogen-bond acceptors (Lipinski definition) is 4. The van der Waals surface area contributed by atoms with Crippen molar-refractivity contribution in [2.24, 2.45) is 0 Å². The van der Waals surface area contributed by atoms with Crippen molar-refractivity contribution in [3.05, 3.63) is 40.0 Å². The van der Waals surface area contributed by atoms with Crippen molar-refractivity contribution in [2.45, 2.75) is 45.4 Å². The van der Waals surface area contributed by atoms with E-state index in [0.29, 0.717) is 39.3 Å². The summed E-state index contributed by atoms with van der Waals surface area (Å²) in [6.07, 6.45) is 4.90. The maximum absolute atomic E-state index is 13.3. The van der Waals surface area contributed by atoms with Gasteiger partial charge < -0.3 is 4.90 Å². The Hall–Kier alpha value is -1.98. The maximum atomic E-state index is 13.3. The van der Waals surface area contributed by atoms with Crippen LogP contribution in [-0.4, -0.2) is 52.8 Å². The van der Waals surface area contributed by atoms with Crippen LogP contribution >= 0.6 is 11.6 Å². The van der Waals surface area contributed by atoms with Crippen LogP contribution in [0.2, 0.25) is 5.02 Å². The first kappa shape index (κ1) is 19.3. The second kappa shape index (κ2) is 7.80. The minimum absolute atomic E-state index is 0.0520. The van der Waals surface area contributed by atoms with E-state index >= 15 is 0 Å². The van der Waals surface area contributed by atoms with E-state index in [1.165, 1.54) is 30.6 Å². The molecule has 2 aromatic rings. The molecule has 0 saturated carbocycles. The Labute approximate surface area is 170 Å². The fourth-order valence-corrected chi connectivity index (χ4v) is 4.45. The summed E-state index contributed by atoms with van der Waals surface area (Å²) in [6, 6.07) is 5.34. The molecule has 2 aliphatic rings. The molecule has 148 valence electrons. The summed E-state index contributed by atoms with van der Waals surface area (Å²) in [7, 11) is 0. The van der Waals surface area contributed by atoms with Crippen LogP contribution in [0.25, 0.3) is 10.9 Å². The molecule has 1 saturated heterocycles. The van der Waals surface area contributed by atoms with E-state index < -0.39 is 0 Å². The number of likely N-dealkylation sites (tertiary alicyclic amines) is 1. The molecule has 28 heavy (non-hydrogen) atoms. The molecular formula is C22H26ClN3O2. The largest absolute Gasteiger partial charge is 0.302 e. The lowest BCUT2D eigenvalue weighted by molar-refractivity contribution is 0.0637. The SMILES string of the molecule is CC(C)c1nc2ccc(Cl)cc2c2c1C(=O)N(CCN1CCCCCC1)C2=O. The van der Waals surface area contributed by atoms with E-state index in [-0.39, 0.29) is 17.7 Å².